The standard InChI is InChI=1S/C3H7.C2H3.Mg/c1-3-2;1-2;/h3H,1-2H3;1H,2H2;/q2*-1;+2. The van der Waals surface area contributed by atoms with E-state index in [1.54, 1.807) is 0 Å². The second-order valence-corrected chi connectivity index (χ2v) is 0.577. The van der Waals surface area contributed by atoms with Gasteiger partial charge >= 0.3 is 23.1 Å². The molecule has 0 aliphatic heterocycles. The van der Waals surface area contributed by atoms with E-state index in [1.807, 2.05) is 20.3 Å². The van der Waals surface area contributed by atoms with Gasteiger partial charge in [0.25, 0.3) is 0 Å². The molecule has 0 unspecified atom stereocenters. The number of hydrogen-bond donors (Lipinski definition) is 0. The van der Waals surface area contributed by atoms with Crippen molar-refractivity contribution in [2.24, 2.45) is 0 Å². The summed E-state index contributed by atoms with van der Waals surface area (Å²) in [6, 6.07) is 0. The minimum Gasteiger partial charge on any atom is -0.521 e. The van der Waals surface area contributed by atoms with Gasteiger partial charge in [-0.1, -0.05) is 0 Å². The van der Waals surface area contributed by atoms with E-state index in [4.69, 9.17) is 0 Å². The molecule has 0 saturated carbocycles. The van der Waals surface area contributed by atoms with Crippen molar-refractivity contribution >= 4 is 23.1 Å². The Hall–Kier alpha value is 0.506. The maximum atomic E-state index is 4.25. The summed E-state index contributed by atoms with van der Waals surface area (Å²) in [7, 11) is 0. The van der Waals surface area contributed by atoms with Gasteiger partial charge in [0.2, 0.25) is 0 Å². The van der Waals surface area contributed by atoms with Crippen LogP contribution >= 0.6 is 0 Å². The molecule has 0 N–H and O–H groups in total. The predicted molar refractivity (Wildman–Crippen MR) is 31.3 cm³/mol. The summed E-state index contributed by atoms with van der Waals surface area (Å²) < 4.78 is 0. The van der Waals surface area contributed by atoms with Crippen LogP contribution in [-0.4, -0.2) is 23.1 Å². The first-order chi connectivity index (χ1) is 2.41. The van der Waals surface area contributed by atoms with Gasteiger partial charge in [0, 0.05) is 0 Å². The van der Waals surface area contributed by atoms with E-state index in [-0.39, 0.29) is 23.1 Å². The van der Waals surface area contributed by atoms with Crippen molar-refractivity contribution in [1.82, 2.24) is 0 Å². The molecule has 32 valence electrons. The van der Waals surface area contributed by atoms with Gasteiger partial charge in [-0.05, 0) is 0 Å². The molecule has 0 heterocycles. The third-order valence-corrected chi connectivity index (χ3v) is 0. The van der Waals surface area contributed by atoms with E-state index in [1.165, 1.54) is 0 Å². The molecule has 0 saturated heterocycles. The Balaban J connectivity index is -0.0000000275. The van der Waals surface area contributed by atoms with Gasteiger partial charge in [0.05, 0.1) is 0 Å². The molecule has 0 bridgehead atoms. The zero-order chi connectivity index (χ0) is 4.71. The van der Waals surface area contributed by atoms with Crippen molar-refractivity contribution in [3.63, 3.8) is 0 Å². The predicted octanol–water partition coefficient (Wildman–Crippen LogP) is 1.46. The van der Waals surface area contributed by atoms with Gasteiger partial charge in [-0.25, -0.2) is 0 Å². The summed E-state index contributed by atoms with van der Waals surface area (Å²) in [6.45, 7) is 11.0. The first-order valence-electron chi connectivity index (χ1n) is 1.56. The second-order valence-electron chi connectivity index (χ2n) is 0.577. The van der Waals surface area contributed by atoms with Crippen LogP contribution < -0.4 is 0 Å². The Labute approximate surface area is 56.8 Å². The molecule has 0 aromatic rings. The molecular weight excluding hydrogens is 84.4 g/mol. The van der Waals surface area contributed by atoms with E-state index >= 15 is 0 Å². The van der Waals surface area contributed by atoms with Gasteiger partial charge in [-0.15, -0.1) is 0 Å². The van der Waals surface area contributed by atoms with Crippen LogP contribution in [0.1, 0.15) is 13.8 Å². The third kappa shape index (κ3) is 216. The molecule has 0 radical (unpaired) electrons. The third-order valence-electron chi connectivity index (χ3n) is 0. The average Bonchev–Trinajstić information content (AvgIpc) is 1.46. The molecule has 0 spiro atoms. The maximum Gasteiger partial charge on any atom is 2.00 e. The van der Waals surface area contributed by atoms with Crippen LogP contribution in [0.2, 0.25) is 0 Å². The Morgan fingerprint density at radius 1 is 1.33 bits per heavy atom. The van der Waals surface area contributed by atoms with Gasteiger partial charge in [0.1, 0.15) is 0 Å². The molecule has 1 heteroatoms. The van der Waals surface area contributed by atoms with E-state index in [0.29, 0.717) is 0 Å². The largest absolute Gasteiger partial charge is 2.00 e. The molecular formula is C5H10Mg. The molecule has 0 fully saturated rings. The van der Waals surface area contributed by atoms with Gasteiger partial charge < -0.3 is 13.0 Å². The molecule has 0 rings (SSSR count). The minimum absolute atomic E-state index is 0. The van der Waals surface area contributed by atoms with Crippen molar-refractivity contribution in [2.75, 3.05) is 0 Å². The zero-order valence-corrected chi connectivity index (χ0v) is 5.98. The minimum atomic E-state index is 0. The van der Waals surface area contributed by atoms with Crippen molar-refractivity contribution in [1.29, 1.82) is 0 Å². The van der Waals surface area contributed by atoms with Crippen molar-refractivity contribution in [2.45, 2.75) is 13.8 Å². The van der Waals surface area contributed by atoms with Gasteiger partial charge in [-0.2, -0.15) is 13.8 Å². The number of hydrogen-bond acceptors (Lipinski definition) is 0. The molecule has 0 aromatic carbocycles. The van der Waals surface area contributed by atoms with Gasteiger partial charge in [-0.3, -0.25) is 6.58 Å². The van der Waals surface area contributed by atoms with E-state index in [2.05, 4.69) is 13.2 Å². The van der Waals surface area contributed by atoms with Crippen LogP contribution in [0.15, 0.2) is 6.58 Å². The molecule has 0 atom stereocenters. The molecule has 6 heavy (non-hydrogen) atoms. The summed E-state index contributed by atoms with van der Waals surface area (Å²) in [5.41, 5.74) is 0. The van der Waals surface area contributed by atoms with Crippen molar-refractivity contribution in [3.05, 3.63) is 19.6 Å². The summed E-state index contributed by atoms with van der Waals surface area (Å²) in [5, 5.41) is 0. The van der Waals surface area contributed by atoms with E-state index in [0.717, 1.165) is 0 Å². The molecule has 0 aliphatic rings. The van der Waals surface area contributed by atoms with Crippen LogP contribution in [0.4, 0.5) is 0 Å². The Morgan fingerprint density at radius 2 is 1.33 bits per heavy atom. The van der Waals surface area contributed by atoms with Crippen LogP contribution in [0.25, 0.3) is 0 Å². The zero-order valence-electron chi connectivity index (χ0n) is 4.57. The SMILES string of the molecule is C[CH-]C.[CH-]=C.[Mg+2]. The smallest absolute Gasteiger partial charge is 0.521 e. The number of rotatable bonds is 0. The molecule has 0 amide bonds. The Kier molecular flexibility index (Phi) is 132. The first-order valence-corrected chi connectivity index (χ1v) is 1.56. The van der Waals surface area contributed by atoms with Crippen molar-refractivity contribution < 1.29 is 0 Å². The molecule has 0 aliphatic carbocycles. The normalized spacial score (nSPS) is 3.67. The van der Waals surface area contributed by atoms with Crippen LogP contribution in [-0.2, 0) is 0 Å². The Bertz CT molecular complexity index is 7.90. The quantitative estimate of drug-likeness (QED) is 0.315. The van der Waals surface area contributed by atoms with E-state index < -0.39 is 0 Å². The Morgan fingerprint density at radius 3 is 1.33 bits per heavy atom. The van der Waals surface area contributed by atoms with Crippen LogP contribution in [0, 0.1) is 13.0 Å². The fourth-order valence-corrected chi connectivity index (χ4v) is 0. The average molecular weight is 94.4 g/mol. The molecule has 0 nitrogen and oxygen atoms in total. The second kappa shape index (κ2) is 49.3. The summed E-state index contributed by atoms with van der Waals surface area (Å²) in [5.74, 6) is 0. The van der Waals surface area contributed by atoms with Crippen LogP contribution in [0.5, 0.6) is 0 Å². The van der Waals surface area contributed by atoms with E-state index in [9.17, 15) is 0 Å². The fourth-order valence-electron chi connectivity index (χ4n) is 0. The topological polar surface area (TPSA) is 0 Å². The maximum absolute atomic E-state index is 4.25. The van der Waals surface area contributed by atoms with Crippen LogP contribution in [0.3, 0.4) is 0 Å². The summed E-state index contributed by atoms with van der Waals surface area (Å²) in [6.07, 6.45) is 2.00. The van der Waals surface area contributed by atoms with Gasteiger partial charge in [0.15, 0.2) is 0 Å². The van der Waals surface area contributed by atoms with Crippen molar-refractivity contribution in [3.8, 4) is 0 Å². The monoisotopic (exact) mass is 94.1 g/mol. The summed E-state index contributed by atoms with van der Waals surface area (Å²) in [4.78, 5) is 0. The molecule has 0 aromatic heterocycles. The fraction of sp³-hybridized carbons (Fsp3) is 0.400. The summed E-state index contributed by atoms with van der Waals surface area (Å²) >= 11 is 0. The first kappa shape index (κ1) is 16.0.